The lowest BCUT2D eigenvalue weighted by Crippen LogP contribution is -2.39. The number of nitrogens with zero attached hydrogens (tertiary/aromatic N) is 3. The van der Waals surface area contributed by atoms with Crippen molar-refractivity contribution in [2.24, 2.45) is 0 Å². The van der Waals surface area contributed by atoms with Crippen molar-refractivity contribution in [1.82, 2.24) is 9.88 Å². The number of piperidine rings is 1. The number of carbonyl (C=O) groups is 2. The average molecular weight is 345 g/mol. The minimum atomic E-state index is -0.531. The van der Waals surface area contributed by atoms with E-state index in [2.05, 4.69) is 4.98 Å². The molecule has 0 unspecified atom stereocenters. The second-order valence-electron chi connectivity index (χ2n) is 7.89. The molecule has 1 aromatic heterocycles. The Hall–Kier alpha value is -2.11. The van der Waals surface area contributed by atoms with Crippen molar-refractivity contribution in [3.05, 3.63) is 23.9 Å². The number of ether oxygens (including phenoxy) is 1. The van der Waals surface area contributed by atoms with Gasteiger partial charge in [-0.3, -0.25) is 9.69 Å². The molecule has 0 bridgehead atoms. The highest BCUT2D eigenvalue weighted by Gasteiger charge is 2.37. The summed E-state index contributed by atoms with van der Waals surface area (Å²) in [6.07, 6.45) is 7.45. The normalized spacial score (nSPS) is 20.9. The van der Waals surface area contributed by atoms with Crippen LogP contribution in [0.25, 0.3) is 0 Å². The number of hydrogen-bond acceptors (Lipinski definition) is 4. The summed E-state index contributed by atoms with van der Waals surface area (Å²) < 4.78 is 5.53. The number of hydrogen-bond donors (Lipinski definition) is 0. The molecule has 6 nitrogen and oxygen atoms in total. The van der Waals surface area contributed by atoms with Gasteiger partial charge in [0.15, 0.2) is 0 Å². The Morgan fingerprint density at radius 3 is 2.60 bits per heavy atom. The summed E-state index contributed by atoms with van der Waals surface area (Å²) in [5.74, 6) is 0.619. The molecule has 2 heterocycles. The molecule has 1 saturated carbocycles. The maximum absolute atomic E-state index is 12.5. The third-order valence-electron chi connectivity index (χ3n) is 4.58. The molecule has 2 aliphatic rings. The quantitative estimate of drug-likeness (QED) is 0.781. The number of anilines is 1. The summed E-state index contributed by atoms with van der Waals surface area (Å²) >= 11 is 0. The van der Waals surface area contributed by atoms with Crippen LogP contribution in [0.4, 0.5) is 10.6 Å². The molecular weight excluding hydrogens is 318 g/mol. The molecule has 6 heteroatoms. The van der Waals surface area contributed by atoms with Crippen LogP contribution >= 0.6 is 0 Å². The molecule has 3 rings (SSSR count). The first-order chi connectivity index (χ1) is 11.9. The lowest BCUT2D eigenvalue weighted by Gasteiger charge is -2.33. The molecule has 1 atom stereocenters. The first-order valence-electron chi connectivity index (χ1n) is 9.08. The van der Waals surface area contributed by atoms with Gasteiger partial charge in [-0.15, -0.1) is 0 Å². The van der Waals surface area contributed by atoms with Gasteiger partial charge in [0.25, 0.3) is 0 Å². The lowest BCUT2D eigenvalue weighted by atomic mass is 9.97. The van der Waals surface area contributed by atoms with Crippen LogP contribution in [0.1, 0.15) is 64.5 Å². The monoisotopic (exact) mass is 345 g/mol. The van der Waals surface area contributed by atoms with Crippen molar-refractivity contribution in [3.8, 4) is 0 Å². The topological polar surface area (TPSA) is 62.7 Å². The predicted octanol–water partition coefficient (Wildman–Crippen LogP) is 3.67. The van der Waals surface area contributed by atoms with Gasteiger partial charge in [-0.25, -0.2) is 9.78 Å². The largest absolute Gasteiger partial charge is 0.443 e. The Kier molecular flexibility index (Phi) is 4.97. The van der Waals surface area contributed by atoms with Crippen molar-refractivity contribution in [1.29, 1.82) is 0 Å². The second kappa shape index (κ2) is 7.02. The minimum Gasteiger partial charge on any atom is -0.443 e. The van der Waals surface area contributed by atoms with E-state index in [9.17, 15) is 9.59 Å². The van der Waals surface area contributed by atoms with E-state index < -0.39 is 5.60 Å². The lowest BCUT2D eigenvalue weighted by molar-refractivity contribution is -0.121. The van der Waals surface area contributed by atoms with Gasteiger partial charge < -0.3 is 9.64 Å². The van der Waals surface area contributed by atoms with Crippen LogP contribution < -0.4 is 4.90 Å². The highest BCUT2D eigenvalue weighted by molar-refractivity contribution is 5.88. The Labute approximate surface area is 149 Å². The van der Waals surface area contributed by atoms with Crippen LogP contribution in [-0.2, 0) is 9.53 Å². The van der Waals surface area contributed by atoms with Crippen molar-refractivity contribution in [3.63, 3.8) is 0 Å². The second-order valence-corrected chi connectivity index (χ2v) is 7.89. The van der Waals surface area contributed by atoms with Crippen molar-refractivity contribution < 1.29 is 14.3 Å². The van der Waals surface area contributed by atoms with Crippen LogP contribution in [0.15, 0.2) is 18.3 Å². The van der Waals surface area contributed by atoms with Crippen LogP contribution in [0, 0.1) is 0 Å². The minimum absolute atomic E-state index is 0.0868. The molecule has 1 aliphatic carbocycles. The van der Waals surface area contributed by atoms with Crippen LogP contribution in [0.3, 0.4) is 0 Å². The summed E-state index contributed by atoms with van der Waals surface area (Å²) in [5, 5.41) is 0. The Bertz CT molecular complexity index is 620. The fraction of sp³-hybridized carbons (Fsp3) is 0.632. The van der Waals surface area contributed by atoms with Crippen LogP contribution in [0.5, 0.6) is 0 Å². The van der Waals surface area contributed by atoms with E-state index in [1.807, 2.05) is 37.8 Å². The van der Waals surface area contributed by atoms with Gasteiger partial charge >= 0.3 is 6.09 Å². The van der Waals surface area contributed by atoms with E-state index >= 15 is 0 Å². The van der Waals surface area contributed by atoms with Gasteiger partial charge in [-0.05, 0) is 64.5 Å². The van der Waals surface area contributed by atoms with E-state index in [1.54, 1.807) is 11.1 Å². The van der Waals surface area contributed by atoms with Gasteiger partial charge in [0.2, 0.25) is 6.41 Å². The van der Waals surface area contributed by atoms with E-state index in [0.29, 0.717) is 5.82 Å². The number of pyridine rings is 1. The number of rotatable bonds is 4. The molecule has 1 aromatic rings. The number of carbonyl (C=O) groups excluding carboxylic acids is 2. The molecule has 136 valence electrons. The zero-order valence-corrected chi connectivity index (χ0v) is 15.3. The van der Waals surface area contributed by atoms with Crippen molar-refractivity contribution >= 4 is 18.3 Å². The van der Waals surface area contributed by atoms with E-state index in [4.69, 9.17) is 4.74 Å². The first-order valence-corrected chi connectivity index (χ1v) is 9.08. The number of aromatic nitrogens is 1. The maximum Gasteiger partial charge on any atom is 0.416 e. The van der Waals surface area contributed by atoms with Gasteiger partial charge in [-0.2, -0.15) is 0 Å². The van der Waals surface area contributed by atoms with Crippen molar-refractivity contribution in [2.45, 2.75) is 70.6 Å². The standard InChI is InChI=1S/C19H27N3O3/c1-19(2,3)25-18(24)22(15-8-9-15)17-10-7-14(12-20-17)16-6-4-5-11-21(16)13-23/h7,10,12-13,15-16H,4-6,8-9,11H2,1-3H3/t16-/m1/s1. The molecule has 0 spiro atoms. The summed E-state index contributed by atoms with van der Waals surface area (Å²) in [5.41, 5.74) is 0.493. The number of likely N-dealkylation sites (tertiary alicyclic amines) is 1. The molecular formula is C19H27N3O3. The molecule has 25 heavy (non-hydrogen) atoms. The van der Waals surface area contributed by atoms with Gasteiger partial charge in [0, 0.05) is 18.8 Å². The van der Waals surface area contributed by atoms with Crippen LogP contribution in [-0.4, -0.2) is 40.6 Å². The van der Waals surface area contributed by atoms with E-state index in [1.165, 1.54) is 0 Å². The molecule has 1 aliphatic heterocycles. The smallest absolute Gasteiger partial charge is 0.416 e. The third-order valence-corrected chi connectivity index (χ3v) is 4.58. The molecule has 2 fully saturated rings. The van der Waals surface area contributed by atoms with E-state index in [0.717, 1.165) is 50.6 Å². The summed E-state index contributed by atoms with van der Waals surface area (Å²) in [6, 6.07) is 4.11. The molecule has 2 amide bonds. The van der Waals surface area contributed by atoms with Gasteiger partial charge in [0.05, 0.1) is 6.04 Å². The fourth-order valence-electron chi connectivity index (χ4n) is 3.25. The zero-order chi connectivity index (χ0) is 18.0. The molecule has 1 saturated heterocycles. The SMILES string of the molecule is CC(C)(C)OC(=O)N(c1ccc([C@H]2CCCCN2C=O)cn1)C1CC1. The van der Waals surface area contributed by atoms with E-state index in [-0.39, 0.29) is 18.2 Å². The van der Waals surface area contributed by atoms with Crippen molar-refractivity contribution in [2.75, 3.05) is 11.4 Å². The number of amides is 2. The predicted molar refractivity (Wildman–Crippen MR) is 95.3 cm³/mol. The average Bonchev–Trinajstić information content (AvgIpc) is 3.39. The summed E-state index contributed by atoms with van der Waals surface area (Å²) in [7, 11) is 0. The first kappa shape index (κ1) is 17.7. The highest BCUT2D eigenvalue weighted by Crippen LogP contribution is 2.34. The highest BCUT2D eigenvalue weighted by atomic mass is 16.6. The summed E-state index contributed by atoms with van der Waals surface area (Å²) in [4.78, 5) is 31.8. The van der Waals surface area contributed by atoms with Gasteiger partial charge in [0.1, 0.15) is 11.4 Å². The Morgan fingerprint density at radius 1 is 1.28 bits per heavy atom. The zero-order valence-electron chi connectivity index (χ0n) is 15.3. The maximum atomic E-state index is 12.5. The Morgan fingerprint density at radius 2 is 2.04 bits per heavy atom. The Balaban J connectivity index is 1.77. The molecule has 0 radical (unpaired) electrons. The van der Waals surface area contributed by atoms with Gasteiger partial charge in [-0.1, -0.05) is 6.07 Å². The third kappa shape index (κ3) is 4.30. The molecule has 0 aromatic carbocycles. The summed E-state index contributed by atoms with van der Waals surface area (Å²) in [6.45, 7) is 6.39. The van der Waals surface area contributed by atoms with Crippen LogP contribution in [0.2, 0.25) is 0 Å². The molecule has 0 N–H and O–H groups in total. The fourth-order valence-corrected chi connectivity index (χ4v) is 3.25.